The lowest BCUT2D eigenvalue weighted by Crippen LogP contribution is -2.44. The van der Waals surface area contributed by atoms with Gasteiger partial charge in [-0.05, 0) is 58.1 Å². The molecule has 0 bridgehead atoms. The first-order valence-electron chi connectivity index (χ1n) is 7.95. The molecular weight excluding hydrogens is 316 g/mol. The van der Waals surface area contributed by atoms with Crippen LogP contribution < -0.4 is 5.32 Å². The van der Waals surface area contributed by atoms with E-state index >= 15 is 0 Å². The summed E-state index contributed by atoms with van der Waals surface area (Å²) < 4.78 is 5.45. The van der Waals surface area contributed by atoms with Crippen LogP contribution in [-0.2, 0) is 4.74 Å². The van der Waals surface area contributed by atoms with Gasteiger partial charge in [-0.2, -0.15) is 0 Å². The summed E-state index contributed by atoms with van der Waals surface area (Å²) in [7, 11) is 0. The topological polar surface area (TPSA) is 67.4 Å². The number of ether oxygens (including phenoxy) is 1. The maximum Gasteiger partial charge on any atom is 0.410 e. The molecule has 1 aromatic heterocycles. The van der Waals surface area contributed by atoms with Crippen LogP contribution in [0.4, 0.5) is 10.6 Å². The predicted molar refractivity (Wildman–Crippen MR) is 90.8 cm³/mol. The van der Waals surface area contributed by atoms with Crippen molar-refractivity contribution in [3.63, 3.8) is 0 Å². The second kappa shape index (κ2) is 7.34. The summed E-state index contributed by atoms with van der Waals surface area (Å²) in [6, 6.07) is 0. The van der Waals surface area contributed by atoms with Crippen molar-refractivity contribution in [3.05, 3.63) is 17.0 Å². The highest BCUT2D eigenvalue weighted by Gasteiger charge is 2.27. The van der Waals surface area contributed by atoms with Crippen molar-refractivity contribution in [2.45, 2.75) is 46.1 Å². The molecule has 1 aromatic rings. The number of amides is 1. The Bertz CT molecular complexity index is 560. The van der Waals surface area contributed by atoms with Crippen molar-refractivity contribution in [3.8, 4) is 0 Å². The van der Waals surface area contributed by atoms with E-state index in [2.05, 4.69) is 15.3 Å². The van der Waals surface area contributed by atoms with E-state index in [0.29, 0.717) is 12.5 Å². The maximum absolute atomic E-state index is 12.2. The SMILES string of the molecule is Cc1cnc(Cl)nc1NC[C@@H]1CCCN(C(=O)OC(C)(C)C)C1. The van der Waals surface area contributed by atoms with Gasteiger partial charge in [-0.3, -0.25) is 0 Å². The van der Waals surface area contributed by atoms with Crippen molar-refractivity contribution in [1.82, 2.24) is 14.9 Å². The Hall–Kier alpha value is -1.56. The number of halogens is 1. The molecule has 2 rings (SSSR count). The second-order valence-corrected chi connectivity index (χ2v) is 7.32. The largest absolute Gasteiger partial charge is 0.444 e. The predicted octanol–water partition coefficient (Wildman–Crippen LogP) is 3.50. The minimum Gasteiger partial charge on any atom is -0.444 e. The van der Waals surface area contributed by atoms with Crippen LogP contribution in [0.5, 0.6) is 0 Å². The highest BCUT2D eigenvalue weighted by atomic mass is 35.5. The van der Waals surface area contributed by atoms with Crippen molar-refractivity contribution in [2.75, 3.05) is 25.0 Å². The number of carbonyl (C=O) groups is 1. The number of likely N-dealkylation sites (tertiary alicyclic amines) is 1. The molecule has 6 nitrogen and oxygen atoms in total. The van der Waals surface area contributed by atoms with Gasteiger partial charge < -0.3 is 15.0 Å². The van der Waals surface area contributed by atoms with E-state index in [4.69, 9.17) is 16.3 Å². The fourth-order valence-electron chi connectivity index (χ4n) is 2.56. The number of hydrogen-bond donors (Lipinski definition) is 1. The molecule has 1 fully saturated rings. The lowest BCUT2D eigenvalue weighted by molar-refractivity contribution is 0.0172. The van der Waals surface area contributed by atoms with E-state index in [0.717, 1.165) is 37.3 Å². The Morgan fingerprint density at radius 2 is 2.26 bits per heavy atom. The molecule has 0 unspecified atom stereocenters. The van der Waals surface area contributed by atoms with Crippen LogP contribution in [0.2, 0.25) is 5.28 Å². The third-order valence-corrected chi connectivity index (χ3v) is 3.85. The van der Waals surface area contributed by atoms with Crippen molar-refractivity contribution >= 4 is 23.5 Å². The van der Waals surface area contributed by atoms with E-state index in [9.17, 15) is 4.79 Å². The fourth-order valence-corrected chi connectivity index (χ4v) is 2.70. The Morgan fingerprint density at radius 3 is 2.96 bits per heavy atom. The van der Waals surface area contributed by atoms with Crippen molar-refractivity contribution < 1.29 is 9.53 Å². The van der Waals surface area contributed by atoms with Gasteiger partial charge in [0.25, 0.3) is 0 Å². The molecule has 23 heavy (non-hydrogen) atoms. The molecule has 1 aliphatic heterocycles. The van der Waals surface area contributed by atoms with Gasteiger partial charge in [0.05, 0.1) is 0 Å². The number of hydrogen-bond acceptors (Lipinski definition) is 5. The molecule has 0 spiro atoms. The Morgan fingerprint density at radius 1 is 1.52 bits per heavy atom. The van der Waals surface area contributed by atoms with Gasteiger partial charge in [-0.25, -0.2) is 14.8 Å². The molecule has 1 N–H and O–H groups in total. The quantitative estimate of drug-likeness (QED) is 0.853. The smallest absolute Gasteiger partial charge is 0.410 e. The monoisotopic (exact) mass is 340 g/mol. The first-order valence-corrected chi connectivity index (χ1v) is 8.33. The number of nitrogens with zero attached hydrogens (tertiary/aromatic N) is 3. The van der Waals surface area contributed by atoms with E-state index in [-0.39, 0.29) is 11.4 Å². The molecule has 0 aromatic carbocycles. The Kier molecular flexibility index (Phi) is 5.68. The van der Waals surface area contributed by atoms with Gasteiger partial charge in [0, 0.05) is 31.4 Å². The van der Waals surface area contributed by atoms with Crippen molar-refractivity contribution in [2.24, 2.45) is 5.92 Å². The molecule has 1 atom stereocenters. The number of piperidine rings is 1. The molecule has 0 radical (unpaired) electrons. The van der Waals surface area contributed by atoms with Crippen molar-refractivity contribution in [1.29, 1.82) is 0 Å². The lowest BCUT2D eigenvalue weighted by atomic mass is 9.98. The van der Waals surface area contributed by atoms with E-state index in [1.54, 1.807) is 11.1 Å². The molecule has 0 saturated carbocycles. The normalized spacial score (nSPS) is 18.7. The minimum absolute atomic E-state index is 0.233. The molecule has 7 heteroatoms. The standard InChI is InChI=1S/C16H25ClN4O2/c1-11-8-19-14(17)20-13(11)18-9-12-6-5-7-21(10-12)15(22)23-16(2,3)4/h8,12H,5-7,9-10H2,1-4H3,(H,18,19,20)/t12-/m0/s1. The summed E-state index contributed by atoms with van der Waals surface area (Å²) in [6.07, 6.45) is 3.52. The molecule has 1 aliphatic rings. The zero-order valence-electron chi connectivity index (χ0n) is 14.2. The first-order chi connectivity index (χ1) is 10.7. The highest BCUT2D eigenvalue weighted by Crippen LogP contribution is 2.21. The lowest BCUT2D eigenvalue weighted by Gasteiger charge is -2.34. The number of carbonyl (C=O) groups excluding carboxylic acids is 1. The summed E-state index contributed by atoms with van der Waals surface area (Å²) in [5.41, 5.74) is 0.492. The van der Waals surface area contributed by atoms with Gasteiger partial charge in [0.2, 0.25) is 5.28 Å². The third-order valence-electron chi connectivity index (χ3n) is 3.67. The van der Waals surface area contributed by atoms with Gasteiger partial charge in [-0.15, -0.1) is 0 Å². The number of nitrogens with one attached hydrogen (secondary N) is 1. The zero-order chi connectivity index (χ0) is 17.0. The first kappa shape index (κ1) is 17.8. The number of aromatic nitrogens is 2. The van der Waals surface area contributed by atoms with Gasteiger partial charge in [0.15, 0.2) is 0 Å². The highest BCUT2D eigenvalue weighted by molar-refractivity contribution is 6.28. The van der Waals surface area contributed by atoms with Crippen LogP contribution in [0.3, 0.4) is 0 Å². The summed E-state index contributed by atoms with van der Waals surface area (Å²) >= 11 is 5.83. The van der Waals surface area contributed by atoms with E-state index < -0.39 is 5.60 Å². The Labute approximate surface area is 142 Å². The van der Waals surface area contributed by atoms with E-state index in [1.165, 1.54) is 0 Å². The number of anilines is 1. The summed E-state index contributed by atoms with van der Waals surface area (Å²) in [4.78, 5) is 22.1. The van der Waals surface area contributed by atoms with Crippen LogP contribution >= 0.6 is 11.6 Å². The second-order valence-electron chi connectivity index (χ2n) is 6.99. The minimum atomic E-state index is -0.461. The average molecular weight is 341 g/mol. The molecule has 1 amide bonds. The number of aryl methyl sites for hydroxylation is 1. The fraction of sp³-hybridized carbons (Fsp3) is 0.688. The number of rotatable bonds is 3. The molecule has 0 aliphatic carbocycles. The summed E-state index contributed by atoms with van der Waals surface area (Å²) in [6.45, 7) is 9.78. The average Bonchev–Trinajstić information content (AvgIpc) is 2.47. The van der Waals surface area contributed by atoms with E-state index in [1.807, 2.05) is 27.7 Å². The van der Waals surface area contributed by atoms with Gasteiger partial charge in [-0.1, -0.05) is 0 Å². The zero-order valence-corrected chi connectivity index (χ0v) is 15.0. The molecule has 128 valence electrons. The van der Waals surface area contributed by atoms with Crippen LogP contribution in [-0.4, -0.2) is 46.2 Å². The summed E-state index contributed by atoms with van der Waals surface area (Å²) in [5, 5.41) is 3.55. The molecular formula is C16H25ClN4O2. The van der Waals surface area contributed by atoms with Gasteiger partial charge >= 0.3 is 6.09 Å². The molecule has 2 heterocycles. The van der Waals surface area contributed by atoms with Crippen LogP contribution in [0.25, 0.3) is 0 Å². The third kappa shape index (κ3) is 5.53. The van der Waals surface area contributed by atoms with Crippen LogP contribution in [0, 0.1) is 12.8 Å². The molecule has 1 saturated heterocycles. The maximum atomic E-state index is 12.2. The summed E-state index contributed by atoms with van der Waals surface area (Å²) in [5.74, 6) is 1.11. The van der Waals surface area contributed by atoms with Gasteiger partial charge in [0.1, 0.15) is 11.4 Å². The Balaban J connectivity index is 1.89. The van der Waals surface area contributed by atoms with Crippen LogP contribution in [0.15, 0.2) is 6.20 Å². The van der Waals surface area contributed by atoms with Crippen LogP contribution in [0.1, 0.15) is 39.2 Å².